The van der Waals surface area contributed by atoms with E-state index in [1.165, 1.54) is 53.5 Å². The maximum Gasteiger partial charge on any atom is 0.0647 e. The van der Waals surface area contributed by atoms with Gasteiger partial charge >= 0.3 is 0 Å². The van der Waals surface area contributed by atoms with E-state index in [1.54, 1.807) is 0 Å². The fraction of sp³-hybridized carbons (Fsp3) is 0.619. The lowest BCUT2D eigenvalue weighted by Crippen LogP contribution is -2.33. The largest absolute Gasteiger partial charge is 0.392 e. The molecule has 0 fully saturated rings. The van der Waals surface area contributed by atoms with E-state index < -0.39 is 0 Å². The fourth-order valence-electron chi connectivity index (χ4n) is 4.27. The lowest BCUT2D eigenvalue weighted by molar-refractivity contribution is 0.324. The highest BCUT2D eigenvalue weighted by Gasteiger charge is 2.37. The van der Waals surface area contributed by atoms with Gasteiger partial charge in [-0.1, -0.05) is 45.9 Å². The molecule has 0 bridgehead atoms. The molecular weight excluding hydrogens is 268 g/mol. The van der Waals surface area contributed by atoms with Crippen LogP contribution in [-0.2, 0) is 10.8 Å². The van der Waals surface area contributed by atoms with E-state index in [0.29, 0.717) is 0 Å². The normalized spacial score (nSPS) is 23.3. The molecule has 120 valence electrons. The minimum absolute atomic E-state index is 0.224. The van der Waals surface area contributed by atoms with Gasteiger partial charge < -0.3 is 5.11 Å². The molecule has 1 aromatic carbocycles. The van der Waals surface area contributed by atoms with Gasteiger partial charge in [0.05, 0.1) is 6.61 Å². The molecule has 3 rings (SSSR count). The Balaban J connectivity index is 2.12. The zero-order valence-corrected chi connectivity index (χ0v) is 14.6. The third-order valence-corrected chi connectivity index (χ3v) is 5.97. The van der Waals surface area contributed by atoms with Crippen LogP contribution in [0.2, 0.25) is 0 Å². The number of allylic oxidation sites excluding steroid dienone is 1. The van der Waals surface area contributed by atoms with Gasteiger partial charge in [0.15, 0.2) is 0 Å². The molecule has 0 saturated heterocycles. The SMILES string of the molecule is CC1(C)CCC(C)(C)c2cc(C3=C(CO)CCCC3)ccc21. The molecule has 1 N–H and O–H groups in total. The summed E-state index contributed by atoms with van der Waals surface area (Å²) in [7, 11) is 0. The van der Waals surface area contributed by atoms with Crippen LogP contribution in [0.25, 0.3) is 5.57 Å². The van der Waals surface area contributed by atoms with Crippen LogP contribution in [0.15, 0.2) is 23.8 Å². The predicted octanol–water partition coefficient (Wildman–Crippen LogP) is 5.36. The van der Waals surface area contributed by atoms with Gasteiger partial charge in [0.25, 0.3) is 0 Å². The maximum absolute atomic E-state index is 9.69. The van der Waals surface area contributed by atoms with Crippen molar-refractivity contribution in [3.8, 4) is 0 Å². The number of benzene rings is 1. The van der Waals surface area contributed by atoms with Crippen LogP contribution in [-0.4, -0.2) is 11.7 Å². The summed E-state index contributed by atoms with van der Waals surface area (Å²) >= 11 is 0. The second kappa shape index (κ2) is 5.53. The second-order valence-electron chi connectivity index (χ2n) is 8.48. The van der Waals surface area contributed by atoms with Crippen molar-refractivity contribution in [2.45, 2.75) is 77.0 Å². The molecule has 0 amide bonds. The summed E-state index contributed by atoms with van der Waals surface area (Å²) in [4.78, 5) is 0. The van der Waals surface area contributed by atoms with E-state index >= 15 is 0 Å². The van der Waals surface area contributed by atoms with Crippen molar-refractivity contribution in [1.29, 1.82) is 0 Å². The Morgan fingerprint density at radius 3 is 2.23 bits per heavy atom. The van der Waals surface area contributed by atoms with Crippen molar-refractivity contribution in [2.24, 2.45) is 0 Å². The molecule has 22 heavy (non-hydrogen) atoms. The van der Waals surface area contributed by atoms with Crippen molar-refractivity contribution in [3.05, 3.63) is 40.5 Å². The van der Waals surface area contributed by atoms with E-state index in [4.69, 9.17) is 0 Å². The highest BCUT2D eigenvalue weighted by atomic mass is 16.3. The first-order chi connectivity index (χ1) is 10.3. The van der Waals surface area contributed by atoms with Crippen molar-refractivity contribution in [1.82, 2.24) is 0 Å². The Bertz CT molecular complexity index is 604. The molecule has 0 radical (unpaired) electrons. The molecule has 0 unspecified atom stereocenters. The first kappa shape index (κ1) is 15.8. The molecule has 0 aromatic heterocycles. The van der Waals surface area contributed by atoms with E-state index in [-0.39, 0.29) is 17.4 Å². The molecule has 1 aromatic rings. The highest BCUT2D eigenvalue weighted by Crippen LogP contribution is 2.47. The van der Waals surface area contributed by atoms with Crippen LogP contribution < -0.4 is 0 Å². The Morgan fingerprint density at radius 1 is 0.909 bits per heavy atom. The van der Waals surface area contributed by atoms with Crippen molar-refractivity contribution >= 4 is 5.57 Å². The van der Waals surface area contributed by atoms with Crippen molar-refractivity contribution < 1.29 is 5.11 Å². The zero-order valence-electron chi connectivity index (χ0n) is 14.6. The van der Waals surface area contributed by atoms with E-state index in [2.05, 4.69) is 45.9 Å². The van der Waals surface area contributed by atoms with Crippen LogP contribution in [0.3, 0.4) is 0 Å². The average Bonchev–Trinajstić information content (AvgIpc) is 2.51. The summed E-state index contributed by atoms with van der Waals surface area (Å²) in [5.41, 5.74) is 7.62. The van der Waals surface area contributed by atoms with Gasteiger partial charge in [-0.2, -0.15) is 0 Å². The van der Waals surface area contributed by atoms with Gasteiger partial charge in [-0.25, -0.2) is 0 Å². The first-order valence-electron chi connectivity index (χ1n) is 8.82. The van der Waals surface area contributed by atoms with E-state index in [0.717, 1.165) is 12.8 Å². The fourth-order valence-corrected chi connectivity index (χ4v) is 4.27. The smallest absolute Gasteiger partial charge is 0.0647 e. The van der Waals surface area contributed by atoms with Crippen molar-refractivity contribution in [3.63, 3.8) is 0 Å². The minimum atomic E-state index is 0.224. The van der Waals surface area contributed by atoms with E-state index in [9.17, 15) is 5.11 Å². The Morgan fingerprint density at radius 2 is 1.55 bits per heavy atom. The van der Waals surface area contributed by atoms with E-state index in [1.807, 2.05) is 0 Å². The summed E-state index contributed by atoms with van der Waals surface area (Å²) in [6.45, 7) is 9.74. The lowest BCUT2D eigenvalue weighted by atomic mass is 9.62. The number of rotatable bonds is 2. The van der Waals surface area contributed by atoms with Gasteiger partial charge in [-0.15, -0.1) is 0 Å². The maximum atomic E-state index is 9.69. The Labute approximate surface area is 135 Å². The molecule has 0 aliphatic heterocycles. The van der Waals surface area contributed by atoms with Crippen molar-refractivity contribution in [2.75, 3.05) is 6.61 Å². The molecule has 0 spiro atoms. The lowest BCUT2D eigenvalue weighted by Gasteiger charge is -2.42. The second-order valence-corrected chi connectivity index (χ2v) is 8.48. The van der Waals surface area contributed by atoms with Crippen LogP contribution in [0.1, 0.15) is 82.9 Å². The molecule has 1 heteroatoms. The van der Waals surface area contributed by atoms with Crippen LogP contribution in [0, 0.1) is 0 Å². The summed E-state index contributed by atoms with van der Waals surface area (Å²) in [6.07, 6.45) is 7.18. The van der Waals surface area contributed by atoms with Crippen LogP contribution in [0.5, 0.6) is 0 Å². The predicted molar refractivity (Wildman–Crippen MR) is 94.2 cm³/mol. The highest BCUT2D eigenvalue weighted by molar-refractivity contribution is 5.71. The number of aliphatic hydroxyl groups is 1. The van der Waals surface area contributed by atoms with Gasteiger partial charge in [-0.3, -0.25) is 0 Å². The summed E-state index contributed by atoms with van der Waals surface area (Å²) in [6, 6.07) is 7.10. The number of hydrogen-bond donors (Lipinski definition) is 1. The number of fused-ring (bicyclic) bond motifs is 1. The average molecular weight is 298 g/mol. The Hall–Kier alpha value is -1.08. The van der Waals surface area contributed by atoms with Gasteiger partial charge in [0.2, 0.25) is 0 Å². The minimum Gasteiger partial charge on any atom is -0.392 e. The molecular formula is C21H30O. The zero-order chi connectivity index (χ0) is 16.0. The Kier molecular flexibility index (Phi) is 3.97. The molecule has 2 aliphatic carbocycles. The standard InChI is InChI=1S/C21H30O/c1-20(2)11-12-21(3,4)19-13-15(9-10-18(19)20)17-8-6-5-7-16(17)14-22/h9-10,13,22H,5-8,11-12,14H2,1-4H3. The first-order valence-corrected chi connectivity index (χ1v) is 8.82. The molecule has 2 aliphatic rings. The quantitative estimate of drug-likeness (QED) is 0.779. The molecule has 0 heterocycles. The summed E-state index contributed by atoms with van der Waals surface area (Å²) in [5, 5.41) is 9.69. The summed E-state index contributed by atoms with van der Waals surface area (Å²) in [5.74, 6) is 0. The van der Waals surface area contributed by atoms with Gasteiger partial charge in [0, 0.05) is 0 Å². The number of hydrogen-bond acceptors (Lipinski definition) is 1. The van der Waals surface area contributed by atoms with Crippen LogP contribution in [0.4, 0.5) is 0 Å². The van der Waals surface area contributed by atoms with Gasteiger partial charge in [-0.05, 0) is 77.2 Å². The third-order valence-electron chi connectivity index (χ3n) is 5.97. The number of aliphatic hydroxyl groups excluding tert-OH is 1. The third kappa shape index (κ3) is 2.65. The summed E-state index contributed by atoms with van der Waals surface area (Å²) < 4.78 is 0. The monoisotopic (exact) mass is 298 g/mol. The molecule has 1 nitrogen and oxygen atoms in total. The van der Waals surface area contributed by atoms with Crippen LogP contribution >= 0.6 is 0 Å². The molecule has 0 atom stereocenters. The van der Waals surface area contributed by atoms with Gasteiger partial charge in [0.1, 0.15) is 0 Å². The molecule has 0 saturated carbocycles. The topological polar surface area (TPSA) is 20.2 Å².